The molecular weight excluding hydrogens is 304 g/mol. The zero-order valence-corrected chi connectivity index (χ0v) is 18.1. The van der Waals surface area contributed by atoms with Crippen LogP contribution in [0.3, 0.4) is 0 Å². The zero-order valence-electron chi connectivity index (χ0n) is 18.1. The smallest absolute Gasteiger partial charge is 0.0464 e. The van der Waals surface area contributed by atoms with Crippen LogP contribution in [0.5, 0.6) is 0 Å². The largest absolute Gasteiger partial charge is 0.385 e. The molecule has 0 aliphatic heterocycles. The molecule has 0 saturated carbocycles. The van der Waals surface area contributed by atoms with Crippen molar-refractivity contribution >= 4 is 0 Å². The van der Waals surface area contributed by atoms with Gasteiger partial charge in [-0.15, -0.1) is 0 Å². The summed E-state index contributed by atoms with van der Waals surface area (Å²) >= 11 is 0. The number of ether oxygens (including phenoxy) is 1. The standard InChI is InChI=1S/C24H50O/c1-4-6-8-10-11-12-13-14-15-17-19-21-24(22-23-25-3)20-18-16-9-7-5-2/h24H,4-23H2,1-3H3/t24-/m1/s1. The van der Waals surface area contributed by atoms with E-state index in [1.165, 1.54) is 122 Å². The first-order valence-corrected chi connectivity index (χ1v) is 11.8. The average Bonchev–Trinajstić information content (AvgIpc) is 2.63. The molecule has 0 aliphatic carbocycles. The molecule has 0 bridgehead atoms. The van der Waals surface area contributed by atoms with E-state index < -0.39 is 0 Å². The molecule has 0 amide bonds. The molecule has 1 atom stereocenters. The second-order valence-electron chi connectivity index (χ2n) is 8.17. The molecular formula is C24H50O. The SMILES string of the molecule is CCCCCCCCCCCCC[C@@H](CCCCCCC)CCOC. The molecule has 0 unspecified atom stereocenters. The third-order valence-corrected chi connectivity index (χ3v) is 5.66. The third-order valence-electron chi connectivity index (χ3n) is 5.66. The van der Waals surface area contributed by atoms with E-state index in [0.29, 0.717) is 0 Å². The number of rotatable bonds is 21. The van der Waals surface area contributed by atoms with Crippen LogP contribution < -0.4 is 0 Å². The molecule has 0 spiro atoms. The van der Waals surface area contributed by atoms with Gasteiger partial charge in [0.25, 0.3) is 0 Å². The summed E-state index contributed by atoms with van der Waals surface area (Å²) in [5.74, 6) is 0.917. The number of unbranched alkanes of at least 4 members (excludes halogenated alkanes) is 14. The maximum absolute atomic E-state index is 5.32. The van der Waals surface area contributed by atoms with Crippen LogP contribution in [0.15, 0.2) is 0 Å². The van der Waals surface area contributed by atoms with Gasteiger partial charge in [0, 0.05) is 13.7 Å². The molecule has 0 aliphatic rings. The lowest BCUT2D eigenvalue weighted by atomic mass is 9.92. The molecule has 0 radical (unpaired) electrons. The van der Waals surface area contributed by atoms with Gasteiger partial charge in [-0.3, -0.25) is 0 Å². The van der Waals surface area contributed by atoms with Gasteiger partial charge in [0.15, 0.2) is 0 Å². The lowest BCUT2D eigenvalue weighted by Gasteiger charge is -2.16. The van der Waals surface area contributed by atoms with E-state index in [1.807, 2.05) is 7.11 Å². The summed E-state index contributed by atoms with van der Waals surface area (Å²) in [4.78, 5) is 0. The molecule has 0 fully saturated rings. The van der Waals surface area contributed by atoms with Crippen LogP contribution in [0.2, 0.25) is 0 Å². The molecule has 0 aromatic carbocycles. The van der Waals surface area contributed by atoms with Gasteiger partial charge in [-0.1, -0.05) is 129 Å². The minimum atomic E-state index is 0.917. The maximum atomic E-state index is 5.32. The van der Waals surface area contributed by atoms with Crippen LogP contribution in [0.4, 0.5) is 0 Å². The fourth-order valence-corrected chi connectivity index (χ4v) is 3.85. The quantitative estimate of drug-likeness (QED) is 0.187. The molecule has 0 aromatic rings. The van der Waals surface area contributed by atoms with Gasteiger partial charge >= 0.3 is 0 Å². The topological polar surface area (TPSA) is 9.23 Å². The van der Waals surface area contributed by atoms with E-state index in [-0.39, 0.29) is 0 Å². The zero-order chi connectivity index (χ0) is 18.4. The summed E-state index contributed by atoms with van der Waals surface area (Å²) in [6, 6.07) is 0. The summed E-state index contributed by atoms with van der Waals surface area (Å²) in [5, 5.41) is 0. The minimum Gasteiger partial charge on any atom is -0.385 e. The van der Waals surface area contributed by atoms with Gasteiger partial charge in [-0.2, -0.15) is 0 Å². The monoisotopic (exact) mass is 354 g/mol. The first kappa shape index (κ1) is 25.0. The van der Waals surface area contributed by atoms with Gasteiger partial charge < -0.3 is 4.74 Å². The summed E-state index contributed by atoms with van der Waals surface area (Å²) in [6.45, 7) is 5.55. The molecule has 0 saturated heterocycles. The van der Waals surface area contributed by atoms with Crippen molar-refractivity contribution in [3.63, 3.8) is 0 Å². The van der Waals surface area contributed by atoms with Crippen LogP contribution in [-0.4, -0.2) is 13.7 Å². The first-order chi connectivity index (χ1) is 12.3. The van der Waals surface area contributed by atoms with Crippen molar-refractivity contribution < 1.29 is 4.74 Å². The van der Waals surface area contributed by atoms with Gasteiger partial charge in [0.05, 0.1) is 0 Å². The van der Waals surface area contributed by atoms with Crippen LogP contribution in [0.25, 0.3) is 0 Å². The van der Waals surface area contributed by atoms with Crippen molar-refractivity contribution in [2.24, 2.45) is 5.92 Å². The molecule has 152 valence electrons. The first-order valence-electron chi connectivity index (χ1n) is 11.8. The van der Waals surface area contributed by atoms with Gasteiger partial charge in [-0.05, 0) is 12.3 Å². The number of hydrogen-bond donors (Lipinski definition) is 0. The van der Waals surface area contributed by atoms with E-state index in [9.17, 15) is 0 Å². The average molecular weight is 355 g/mol. The van der Waals surface area contributed by atoms with Gasteiger partial charge in [0.1, 0.15) is 0 Å². The van der Waals surface area contributed by atoms with Crippen molar-refractivity contribution in [2.45, 2.75) is 136 Å². The predicted octanol–water partition coefficient (Wildman–Crippen LogP) is 8.70. The fourth-order valence-electron chi connectivity index (χ4n) is 3.85. The molecule has 1 nitrogen and oxygen atoms in total. The highest BCUT2D eigenvalue weighted by molar-refractivity contribution is 4.61. The highest BCUT2D eigenvalue weighted by Gasteiger charge is 2.08. The molecule has 1 heteroatoms. The summed E-state index contributed by atoms with van der Waals surface area (Å²) < 4.78 is 5.32. The summed E-state index contributed by atoms with van der Waals surface area (Å²) in [6.07, 6.45) is 27.2. The van der Waals surface area contributed by atoms with Crippen LogP contribution >= 0.6 is 0 Å². The number of hydrogen-bond acceptors (Lipinski definition) is 1. The molecule has 0 heterocycles. The van der Waals surface area contributed by atoms with Crippen LogP contribution in [0.1, 0.15) is 136 Å². The summed E-state index contributed by atoms with van der Waals surface area (Å²) in [5.41, 5.74) is 0. The molecule has 25 heavy (non-hydrogen) atoms. The van der Waals surface area contributed by atoms with Crippen molar-refractivity contribution in [2.75, 3.05) is 13.7 Å². The Morgan fingerprint density at radius 2 is 0.840 bits per heavy atom. The second kappa shape index (κ2) is 22.0. The van der Waals surface area contributed by atoms with E-state index >= 15 is 0 Å². The van der Waals surface area contributed by atoms with Crippen molar-refractivity contribution in [3.05, 3.63) is 0 Å². The van der Waals surface area contributed by atoms with Gasteiger partial charge in [0.2, 0.25) is 0 Å². The highest BCUT2D eigenvalue weighted by atomic mass is 16.5. The van der Waals surface area contributed by atoms with Crippen molar-refractivity contribution in [3.8, 4) is 0 Å². The maximum Gasteiger partial charge on any atom is 0.0464 e. The minimum absolute atomic E-state index is 0.917. The Hall–Kier alpha value is -0.0400. The van der Waals surface area contributed by atoms with Gasteiger partial charge in [-0.25, -0.2) is 0 Å². The van der Waals surface area contributed by atoms with E-state index in [0.717, 1.165) is 12.5 Å². The lowest BCUT2D eigenvalue weighted by Crippen LogP contribution is -2.05. The lowest BCUT2D eigenvalue weighted by molar-refractivity contribution is 0.170. The van der Waals surface area contributed by atoms with Crippen LogP contribution in [0, 0.1) is 5.92 Å². The van der Waals surface area contributed by atoms with Crippen LogP contribution in [-0.2, 0) is 4.74 Å². The highest BCUT2D eigenvalue weighted by Crippen LogP contribution is 2.22. The van der Waals surface area contributed by atoms with E-state index in [2.05, 4.69) is 13.8 Å². The Balaban J connectivity index is 3.47. The van der Waals surface area contributed by atoms with E-state index in [1.54, 1.807) is 0 Å². The van der Waals surface area contributed by atoms with Crippen molar-refractivity contribution in [1.82, 2.24) is 0 Å². The predicted molar refractivity (Wildman–Crippen MR) is 114 cm³/mol. The second-order valence-corrected chi connectivity index (χ2v) is 8.17. The Kier molecular flexibility index (Phi) is 22.0. The Labute approximate surface area is 160 Å². The molecule has 0 aromatic heterocycles. The Morgan fingerprint density at radius 1 is 0.480 bits per heavy atom. The van der Waals surface area contributed by atoms with Crippen molar-refractivity contribution in [1.29, 1.82) is 0 Å². The summed E-state index contributed by atoms with van der Waals surface area (Å²) in [7, 11) is 1.85. The Morgan fingerprint density at radius 3 is 1.20 bits per heavy atom. The normalized spacial score (nSPS) is 12.6. The molecule has 0 N–H and O–H groups in total. The Bertz CT molecular complexity index is 226. The van der Waals surface area contributed by atoms with E-state index in [4.69, 9.17) is 4.74 Å². The number of methoxy groups -OCH3 is 1. The third kappa shape index (κ3) is 20.1. The fraction of sp³-hybridized carbons (Fsp3) is 1.00. The molecule has 0 rings (SSSR count).